The summed E-state index contributed by atoms with van der Waals surface area (Å²) in [6, 6.07) is 7.54. The van der Waals surface area contributed by atoms with E-state index in [1.807, 2.05) is 24.3 Å². The van der Waals surface area contributed by atoms with Crippen molar-refractivity contribution >= 4 is 28.9 Å². The molecular formula is C12H14ClN3O2. The van der Waals surface area contributed by atoms with Crippen LogP contribution in [-0.4, -0.2) is 35.3 Å². The number of alkyl halides is 1. The summed E-state index contributed by atoms with van der Waals surface area (Å²) in [7, 11) is 0. The van der Waals surface area contributed by atoms with Gasteiger partial charge in [-0.25, -0.2) is 5.43 Å². The van der Waals surface area contributed by atoms with Crippen LogP contribution in [0.1, 0.15) is 12.0 Å². The van der Waals surface area contributed by atoms with Crippen LogP contribution in [0.15, 0.2) is 29.4 Å². The van der Waals surface area contributed by atoms with Gasteiger partial charge in [-0.15, -0.1) is 11.6 Å². The van der Waals surface area contributed by atoms with Gasteiger partial charge in [-0.05, 0) is 12.1 Å². The molecule has 96 valence electrons. The lowest BCUT2D eigenvalue weighted by Gasteiger charge is -2.10. The molecule has 0 radical (unpaired) electrons. The lowest BCUT2D eigenvalue weighted by Crippen LogP contribution is -2.20. The Morgan fingerprint density at radius 3 is 3.06 bits per heavy atom. The van der Waals surface area contributed by atoms with Crippen LogP contribution >= 0.6 is 11.6 Å². The van der Waals surface area contributed by atoms with Crippen molar-refractivity contribution in [2.75, 3.05) is 17.7 Å². The number of aliphatic hydroxyl groups excluding tert-OH is 1. The zero-order valence-corrected chi connectivity index (χ0v) is 10.4. The molecule has 0 aliphatic carbocycles. The third-order valence-corrected chi connectivity index (χ3v) is 2.92. The summed E-state index contributed by atoms with van der Waals surface area (Å²) in [5.41, 5.74) is 4.89. The van der Waals surface area contributed by atoms with Crippen molar-refractivity contribution in [1.82, 2.24) is 5.43 Å². The number of nitrogens with zero attached hydrogens (tertiary/aromatic N) is 1. The van der Waals surface area contributed by atoms with Crippen molar-refractivity contribution in [2.45, 2.75) is 12.5 Å². The Hall–Kier alpha value is -1.59. The predicted octanol–water partition coefficient (Wildman–Crippen LogP) is 0.922. The average Bonchev–Trinajstić information content (AvgIpc) is 2.83. The lowest BCUT2D eigenvalue weighted by atomic mass is 10.1. The summed E-state index contributed by atoms with van der Waals surface area (Å²) >= 11 is 5.51. The van der Waals surface area contributed by atoms with Crippen LogP contribution < -0.4 is 10.7 Å². The Kier molecular flexibility index (Phi) is 4.17. The van der Waals surface area contributed by atoms with Crippen LogP contribution in [0.2, 0.25) is 0 Å². The largest absolute Gasteiger partial charge is 0.390 e. The van der Waals surface area contributed by atoms with E-state index in [1.54, 1.807) is 0 Å². The van der Waals surface area contributed by atoms with Gasteiger partial charge in [-0.1, -0.05) is 12.1 Å². The Bertz CT molecular complexity index is 476. The normalized spacial score (nSPS) is 16.1. The zero-order valence-electron chi connectivity index (χ0n) is 9.69. The number of carbonyl (C=O) groups excluding carboxylic acids is 1. The molecule has 0 bridgehead atoms. The highest BCUT2D eigenvalue weighted by molar-refractivity contribution is 6.18. The van der Waals surface area contributed by atoms with E-state index in [-0.39, 0.29) is 11.8 Å². The summed E-state index contributed by atoms with van der Waals surface area (Å²) in [6.45, 7) is 0.386. The van der Waals surface area contributed by atoms with Gasteiger partial charge in [0.15, 0.2) is 0 Å². The number of hydrazone groups is 1. The molecule has 0 spiro atoms. The Morgan fingerprint density at radius 1 is 1.56 bits per heavy atom. The Morgan fingerprint density at radius 2 is 2.39 bits per heavy atom. The first-order valence-corrected chi connectivity index (χ1v) is 6.16. The number of anilines is 1. The monoisotopic (exact) mass is 267 g/mol. The van der Waals surface area contributed by atoms with Crippen LogP contribution in [0.4, 0.5) is 5.69 Å². The van der Waals surface area contributed by atoms with Gasteiger partial charge in [0, 0.05) is 17.8 Å². The van der Waals surface area contributed by atoms with Crippen LogP contribution in [0.5, 0.6) is 0 Å². The van der Waals surface area contributed by atoms with Gasteiger partial charge in [0.05, 0.1) is 24.1 Å². The lowest BCUT2D eigenvalue weighted by molar-refractivity contribution is -0.119. The molecule has 2 rings (SSSR count). The Balaban J connectivity index is 2.03. The minimum absolute atomic E-state index is 0.0964. The molecule has 1 aromatic rings. The maximum Gasteiger partial charge on any atom is 0.246 e. The van der Waals surface area contributed by atoms with Gasteiger partial charge >= 0.3 is 0 Å². The number of halogens is 1. The third-order valence-electron chi connectivity index (χ3n) is 2.56. The van der Waals surface area contributed by atoms with Crippen molar-refractivity contribution in [3.8, 4) is 0 Å². The first kappa shape index (κ1) is 12.9. The van der Waals surface area contributed by atoms with Crippen molar-refractivity contribution in [1.29, 1.82) is 0 Å². The van der Waals surface area contributed by atoms with Crippen molar-refractivity contribution in [2.24, 2.45) is 5.10 Å². The fourth-order valence-electron chi connectivity index (χ4n) is 1.63. The summed E-state index contributed by atoms with van der Waals surface area (Å²) in [5, 5.41) is 16.4. The average molecular weight is 268 g/mol. The van der Waals surface area contributed by atoms with E-state index in [9.17, 15) is 9.90 Å². The molecule has 1 atom stereocenters. The molecular weight excluding hydrogens is 254 g/mol. The summed E-state index contributed by atoms with van der Waals surface area (Å²) < 4.78 is 0. The fourth-order valence-corrected chi connectivity index (χ4v) is 1.74. The fraction of sp³-hybridized carbons (Fsp3) is 0.333. The molecule has 1 aliphatic rings. The van der Waals surface area contributed by atoms with Gasteiger partial charge in [0.1, 0.15) is 0 Å². The molecule has 1 unspecified atom stereocenters. The molecule has 6 heteroatoms. The van der Waals surface area contributed by atoms with Gasteiger partial charge in [0.25, 0.3) is 0 Å². The maximum atomic E-state index is 11.1. The van der Waals surface area contributed by atoms with E-state index in [4.69, 9.17) is 11.6 Å². The summed E-state index contributed by atoms with van der Waals surface area (Å²) in [5.74, 6) is 0.0959. The molecule has 1 heterocycles. The third kappa shape index (κ3) is 3.21. The number of carbonyl (C=O) groups is 1. The number of hydrogen-bond acceptors (Lipinski definition) is 4. The molecule has 0 fully saturated rings. The van der Waals surface area contributed by atoms with Crippen LogP contribution in [0.25, 0.3) is 0 Å². The van der Waals surface area contributed by atoms with Crippen LogP contribution in [0, 0.1) is 0 Å². The number of hydrogen-bond donors (Lipinski definition) is 3. The number of benzene rings is 1. The second kappa shape index (κ2) is 5.84. The summed E-state index contributed by atoms with van der Waals surface area (Å²) in [6.07, 6.45) is -0.282. The van der Waals surface area contributed by atoms with Crippen LogP contribution in [-0.2, 0) is 4.79 Å². The number of nitrogens with one attached hydrogen (secondary N) is 2. The van der Waals surface area contributed by atoms with E-state index in [0.717, 1.165) is 17.0 Å². The number of rotatable bonds is 5. The minimum atomic E-state index is -0.581. The van der Waals surface area contributed by atoms with Gasteiger partial charge in [-0.2, -0.15) is 5.10 Å². The predicted molar refractivity (Wildman–Crippen MR) is 71.0 cm³/mol. The molecule has 3 N–H and O–H groups in total. The molecule has 1 aliphatic heterocycles. The summed E-state index contributed by atoms with van der Waals surface area (Å²) in [4.78, 5) is 11.1. The number of amides is 1. The zero-order chi connectivity index (χ0) is 13.0. The highest BCUT2D eigenvalue weighted by Gasteiger charge is 2.16. The van der Waals surface area contributed by atoms with Gasteiger partial charge in [-0.3, -0.25) is 4.79 Å². The van der Waals surface area contributed by atoms with E-state index in [1.165, 1.54) is 0 Å². The minimum Gasteiger partial charge on any atom is -0.390 e. The van der Waals surface area contributed by atoms with E-state index in [0.29, 0.717) is 13.0 Å². The molecule has 1 amide bonds. The second-order valence-electron chi connectivity index (χ2n) is 4.04. The van der Waals surface area contributed by atoms with Crippen molar-refractivity contribution < 1.29 is 9.90 Å². The van der Waals surface area contributed by atoms with E-state index < -0.39 is 6.10 Å². The first-order chi connectivity index (χ1) is 8.69. The second-order valence-corrected chi connectivity index (χ2v) is 4.35. The number of aliphatic hydroxyl groups is 1. The van der Waals surface area contributed by atoms with E-state index in [2.05, 4.69) is 15.8 Å². The highest BCUT2D eigenvalue weighted by atomic mass is 35.5. The molecule has 18 heavy (non-hydrogen) atoms. The standard InChI is InChI=1S/C12H14ClN3O2/c13-6-10(17)7-14-9-3-1-2-8(4-9)11-5-12(18)16-15-11/h1-4,10,14,17H,5-7H2,(H,16,18). The Labute approximate surface area is 110 Å². The molecule has 1 aromatic carbocycles. The quantitative estimate of drug-likeness (QED) is 0.695. The first-order valence-electron chi connectivity index (χ1n) is 5.63. The van der Waals surface area contributed by atoms with Crippen molar-refractivity contribution in [3.05, 3.63) is 29.8 Å². The maximum absolute atomic E-state index is 11.1. The molecule has 0 saturated carbocycles. The van der Waals surface area contributed by atoms with E-state index >= 15 is 0 Å². The topological polar surface area (TPSA) is 73.7 Å². The molecule has 0 aromatic heterocycles. The molecule has 0 saturated heterocycles. The SMILES string of the molecule is O=C1CC(c2cccc(NCC(O)CCl)c2)=NN1. The van der Waals surface area contributed by atoms with Gasteiger partial charge in [0.2, 0.25) is 5.91 Å². The molecule has 5 nitrogen and oxygen atoms in total. The van der Waals surface area contributed by atoms with Crippen molar-refractivity contribution in [3.63, 3.8) is 0 Å². The van der Waals surface area contributed by atoms with Crippen LogP contribution in [0.3, 0.4) is 0 Å². The highest BCUT2D eigenvalue weighted by Crippen LogP contribution is 2.14. The smallest absolute Gasteiger partial charge is 0.246 e. The van der Waals surface area contributed by atoms with Gasteiger partial charge < -0.3 is 10.4 Å².